The third-order valence-corrected chi connectivity index (χ3v) is 6.84. The molecular weight excluding hydrogens is 416 g/mol. The number of rotatable bonds is 6. The van der Waals surface area contributed by atoms with Gasteiger partial charge in [0.1, 0.15) is 0 Å². The molecule has 1 aliphatic carbocycles. The Morgan fingerprint density at radius 1 is 1.12 bits per heavy atom. The second-order valence-corrected chi connectivity index (χ2v) is 9.57. The molecule has 0 atom stereocenters. The molecule has 1 saturated carbocycles. The van der Waals surface area contributed by atoms with Gasteiger partial charge in [-0.15, -0.1) is 0 Å². The van der Waals surface area contributed by atoms with Crippen LogP contribution in [0.5, 0.6) is 0 Å². The number of aliphatic hydroxyl groups excluding tert-OH is 1. The number of carbonyl (C=O) groups is 1. The molecular formula is C25H36N6O2. The quantitative estimate of drug-likeness (QED) is 0.617. The van der Waals surface area contributed by atoms with Crippen molar-refractivity contribution in [2.45, 2.75) is 64.3 Å². The zero-order valence-electron chi connectivity index (χ0n) is 19.7. The first-order chi connectivity index (χ1) is 15.9. The molecule has 0 spiro atoms. The van der Waals surface area contributed by atoms with Gasteiger partial charge in [0.05, 0.1) is 18.0 Å². The zero-order valence-corrected chi connectivity index (χ0v) is 19.7. The Hall–Kier alpha value is -2.55. The smallest absolute Gasteiger partial charge is 0.273 e. The van der Waals surface area contributed by atoms with E-state index in [2.05, 4.69) is 51.1 Å². The van der Waals surface area contributed by atoms with Gasteiger partial charge in [0.25, 0.3) is 5.91 Å². The topological polar surface area (TPSA) is 108 Å². The molecule has 1 aliphatic heterocycles. The van der Waals surface area contributed by atoms with Gasteiger partial charge in [-0.25, -0.2) is 9.97 Å². The third kappa shape index (κ3) is 6.07. The van der Waals surface area contributed by atoms with Crippen LogP contribution < -0.4 is 11.1 Å². The van der Waals surface area contributed by atoms with Crippen LogP contribution >= 0.6 is 0 Å². The van der Waals surface area contributed by atoms with Gasteiger partial charge in [-0.1, -0.05) is 24.3 Å². The van der Waals surface area contributed by atoms with E-state index in [0.717, 1.165) is 51.1 Å². The summed E-state index contributed by atoms with van der Waals surface area (Å²) in [6.07, 6.45) is 4.27. The van der Waals surface area contributed by atoms with Crippen LogP contribution in [0.25, 0.3) is 11.3 Å². The minimum absolute atomic E-state index is 0.0347. The van der Waals surface area contributed by atoms with Crippen molar-refractivity contribution in [1.82, 2.24) is 25.1 Å². The summed E-state index contributed by atoms with van der Waals surface area (Å²) in [5.74, 6) is -0.176. The summed E-state index contributed by atoms with van der Waals surface area (Å²) < 4.78 is 0. The molecule has 4 rings (SSSR count). The number of amides is 1. The van der Waals surface area contributed by atoms with Crippen molar-refractivity contribution < 1.29 is 9.90 Å². The first kappa shape index (κ1) is 23.6. The summed E-state index contributed by atoms with van der Waals surface area (Å²) in [5.41, 5.74) is 8.93. The second kappa shape index (κ2) is 10.6. The number of nitrogens with zero attached hydrogens (tertiary/aromatic N) is 4. The normalized spacial score (nSPS) is 22.4. The van der Waals surface area contributed by atoms with Crippen LogP contribution in [-0.2, 0) is 6.54 Å². The predicted molar refractivity (Wildman–Crippen MR) is 130 cm³/mol. The summed E-state index contributed by atoms with van der Waals surface area (Å²) in [5, 5.41) is 12.7. The molecule has 2 heterocycles. The van der Waals surface area contributed by atoms with Crippen LogP contribution in [0.15, 0.2) is 30.5 Å². The molecule has 33 heavy (non-hydrogen) atoms. The van der Waals surface area contributed by atoms with Crippen LogP contribution in [0.4, 0.5) is 5.82 Å². The minimum atomic E-state index is -0.305. The van der Waals surface area contributed by atoms with Gasteiger partial charge < -0.3 is 16.2 Å². The first-order valence-corrected chi connectivity index (χ1v) is 12.1. The second-order valence-electron chi connectivity index (χ2n) is 9.57. The summed E-state index contributed by atoms with van der Waals surface area (Å²) in [4.78, 5) is 26.5. The lowest BCUT2D eigenvalue weighted by Crippen LogP contribution is -2.48. The molecule has 2 aromatic rings. The van der Waals surface area contributed by atoms with E-state index in [1.807, 2.05) is 12.1 Å². The van der Waals surface area contributed by atoms with Crippen molar-refractivity contribution in [1.29, 1.82) is 0 Å². The van der Waals surface area contributed by atoms with Crippen LogP contribution in [-0.4, -0.2) is 75.1 Å². The Bertz CT molecular complexity index is 932. The molecule has 178 valence electrons. The minimum Gasteiger partial charge on any atom is -0.393 e. The van der Waals surface area contributed by atoms with Crippen molar-refractivity contribution in [2.24, 2.45) is 0 Å². The van der Waals surface area contributed by atoms with Crippen molar-refractivity contribution in [2.75, 3.05) is 31.9 Å². The number of nitrogen functional groups attached to an aromatic ring is 1. The molecule has 0 unspecified atom stereocenters. The number of benzene rings is 1. The van der Waals surface area contributed by atoms with E-state index in [0.29, 0.717) is 24.6 Å². The summed E-state index contributed by atoms with van der Waals surface area (Å²) in [7, 11) is 0. The highest BCUT2D eigenvalue weighted by Crippen LogP contribution is 2.22. The molecule has 1 aromatic heterocycles. The average Bonchev–Trinajstić information content (AvgIpc) is 2.82. The highest BCUT2D eigenvalue weighted by atomic mass is 16.3. The maximum Gasteiger partial charge on any atom is 0.273 e. The maximum absolute atomic E-state index is 12.8. The van der Waals surface area contributed by atoms with E-state index in [-0.39, 0.29) is 29.6 Å². The van der Waals surface area contributed by atoms with E-state index in [1.165, 1.54) is 5.56 Å². The molecule has 8 nitrogen and oxygen atoms in total. The van der Waals surface area contributed by atoms with Crippen LogP contribution in [0.3, 0.4) is 0 Å². The molecule has 1 saturated heterocycles. The lowest BCUT2D eigenvalue weighted by atomic mass is 9.93. The summed E-state index contributed by atoms with van der Waals surface area (Å²) >= 11 is 0. The van der Waals surface area contributed by atoms with E-state index in [1.54, 1.807) is 6.20 Å². The van der Waals surface area contributed by atoms with E-state index >= 15 is 0 Å². The molecule has 0 radical (unpaired) electrons. The molecule has 1 aromatic carbocycles. The fourth-order valence-corrected chi connectivity index (χ4v) is 4.66. The summed E-state index contributed by atoms with van der Waals surface area (Å²) in [6, 6.07) is 8.95. The number of aliphatic hydroxyl groups is 1. The summed E-state index contributed by atoms with van der Waals surface area (Å²) in [6.45, 7) is 9.84. The number of nitrogens with one attached hydrogen (secondary N) is 1. The molecule has 2 fully saturated rings. The average molecular weight is 453 g/mol. The highest BCUT2D eigenvalue weighted by molar-refractivity contribution is 5.97. The number of hydrogen-bond acceptors (Lipinski definition) is 7. The van der Waals surface area contributed by atoms with Crippen molar-refractivity contribution in [3.05, 3.63) is 41.7 Å². The van der Waals surface area contributed by atoms with Gasteiger partial charge in [-0.3, -0.25) is 14.6 Å². The monoisotopic (exact) mass is 452 g/mol. The Morgan fingerprint density at radius 2 is 1.79 bits per heavy atom. The zero-order chi connectivity index (χ0) is 23.4. The Balaban J connectivity index is 1.38. The van der Waals surface area contributed by atoms with Crippen LogP contribution in [0.1, 0.15) is 55.6 Å². The molecule has 2 aliphatic rings. The fourth-order valence-electron chi connectivity index (χ4n) is 4.66. The largest absolute Gasteiger partial charge is 0.393 e. The van der Waals surface area contributed by atoms with Gasteiger partial charge >= 0.3 is 0 Å². The van der Waals surface area contributed by atoms with Gasteiger partial charge in [0, 0.05) is 50.4 Å². The lowest BCUT2D eigenvalue weighted by molar-refractivity contribution is 0.0864. The standard InChI is InChI=1S/C25H36N6O2/c1-17(2)31-13-11-30(12-14-31)16-18-3-5-19(6-4-18)22-15-27-24(26)23(29-22)25(33)28-20-7-9-21(32)10-8-20/h3-6,15,17,20-21,32H,7-14,16H2,1-2H3,(H2,26,27)(H,28,33). The van der Waals surface area contributed by atoms with Crippen molar-refractivity contribution in [3.8, 4) is 11.3 Å². The number of piperazine rings is 1. The number of nitrogens with two attached hydrogens (primary N) is 1. The Morgan fingerprint density at radius 3 is 2.42 bits per heavy atom. The van der Waals surface area contributed by atoms with Crippen LogP contribution in [0.2, 0.25) is 0 Å². The predicted octanol–water partition coefficient (Wildman–Crippen LogP) is 2.29. The number of carbonyl (C=O) groups excluding carboxylic acids is 1. The maximum atomic E-state index is 12.8. The van der Waals surface area contributed by atoms with Crippen LogP contribution in [0, 0.1) is 0 Å². The third-order valence-electron chi connectivity index (χ3n) is 6.84. The molecule has 8 heteroatoms. The Labute approximate surface area is 196 Å². The van der Waals surface area contributed by atoms with Crippen molar-refractivity contribution in [3.63, 3.8) is 0 Å². The van der Waals surface area contributed by atoms with E-state index in [4.69, 9.17) is 5.73 Å². The van der Waals surface area contributed by atoms with Crippen molar-refractivity contribution >= 4 is 11.7 Å². The highest BCUT2D eigenvalue weighted by Gasteiger charge is 2.23. The lowest BCUT2D eigenvalue weighted by Gasteiger charge is -2.36. The number of aromatic nitrogens is 2. The molecule has 1 amide bonds. The van der Waals surface area contributed by atoms with Gasteiger partial charge in [0.15, 0.2) is 11.5 Å². The Kier molecular flexibility index (Phi) is 7.57. The van der Waals surface area contributed by atoms with Gasteiger partial charge in [0.2, 0.25) is 0 Å². The molecule has 4 N–H and O–H groups in total. The first-order valence-electron chi connectivity index (χ1n) is 12.1. The SMILES string of the molecule is CC(C)N1CCN(Cc2ccc(-c3cnc(N)c(C(=O)NC4CCC(O)CC4)n3)cc2)CC1. The van der Waals surface area contributed by atoms with Gasteiger partial charge in [-0.2, -0.15) is 0 Å². The number of hydrogen-bond donors (Lipinski definition) is 3. The van der Waals surface area contributed by atoms with E-state index < -0.39 is 0 Å². The fraction of sp³-hybridized carbons (Fsp3) is 0.560. The molecule has 0 bridgehead atoms. The van der Waals surface area contributed by atoms with Gasteiger partial charge in [-0.05, 0) is 45.1 Å². The number of anilines is 1. The van der Waals surface area contributed by atoms with E-state index in [9.17, 15) is 9.90 Å².